The van der Waals surface area contributed by atoms with Gasteiger partial charge in [-0.05, 0) is 26.5 Å². The first-order valence-corrected chi connectivity index (χ1v) is 6.04. The summed E-state index contributed by atoms with van der Waals surface area (Å²) in [6, 6.07) is 0. The highest BCUT2D eigenvalue weighted by Crippen LogP contribution is 2.14. The van der Waals surface area contributed by atoms with E-state index in [0.717, 1.165) is 5.76 Å². The van der Waals surface area contributed by atoms with Gasteiger partial charge < -0.3 is 4.65 Å². The molecule has 0 aromatic rings. The maximum Gasteiger partial charge on any atom is 0.357 e. The van der Waals surface area contributed by atoms with Gasteiger partial charge in [0.25, 0.3) is 0 Å². The van der Waals surface area contributed by atoms with Crippen LogP contribution < -0.4 is 0 Å². The SMILES string of the molecule is C/C=C(\C)OB(CCCC)CCCC. The third-order valence-corrected chi connectivity index (χ3v) is 2.52. The third kappa shape index (κ3) is 7.05. The van der Waals surface area contributed by atoms with Gasteiger partial charge in [0.1, 0.15) is 0 Å². The van der Waals surface area contributed by atoms with Crippen molar-refractivity contribution in [3.8, 4) is 0 Å². The van der Waals surface area contributed by atoms with Crippen molar-refractivity contribution >= 4 is 6.92 Å². The van der Waals surface area contributed by atoms with E-state index < -0.39 is 0 Å². The summed E-state index contributed by atoms with van der Waals surface area (Å²) in [7, 11) is 0. The summed E-state index contributed by atoms with van der Waals surface area (Å²) in [5, 5.41) is 0. The molecular weight excluding hydrogens is 171 g/mol. The Labute approximate surface area is 90.0 Å². The maximum absolute atomic E-state index is 5.86. The molecule has 0 spiro atoms. The van der Waals surface area contributed by atoms with Crippen molar-refractivity contribution in [2.45, 2.75) is 66.0 Å². The Morgan fingerprint density at radius 2 is 1.64 bits per heavy atom. The molecule has 0 aromatic heterocycles. The fraction of sp³-hybridized carbons (Fsp3) is 0.833. The van der Waals surface area contributed by atoms with Crippen molar-refractivity contribution < 1.29 is 4.65 Å². The van der Waals surface area contributed by atoms with Gasteiger partial charge >= 0.3 is 6.92 Å². The largest absolute Gasteiger partial charge is 0.564 e. The van der Waals surface area contributed by atoms with Crippen LogP contribution in [0.2, 0.25) is 12.6 Å². The van der Waals surface area contributed by atoms with Gasteiger partial charge in [-0.15, -0.1) is 0 Å². The predicted octanol–water partition coefficient (Wildman–Crippen LogP) is 4.52. The van der Waals surface area contributed by atoms with Gasteiger partial charge in [-0.1, -0.05) is 45.6 Å². The predicted molar refractivity (Wildman–Crippen MR) is 65.7 cm³/mol. The molecule has 0 N–H and O–H groups in total. The van der Waals surface area contributed by atoms with Gasteiger partial charge in [0.2, 0.25) is 0 Å². The minimum absolute atomic E-state index is 0.450. The zero-order chi connectivity index (χ0) is 10.8. The minimum atomic E-state index is 0.450. The van der Waals surface area contributed by atoms with Gasteiger partial charge in [-0.3, -0.25) is 0 Å². The molecule has 0 heterocycles. The Morgan fingerprint density at radius 3 is 2.00 bits per heavy atom. The second-order valence-electron chi connectivity index (χ2n) is 3.92. The summed E-state index contributed by atoms with van der Waals surface area (Å²) in [4.78, 5) is 0. The quantitative estimate of drug-likeness (QED) is 0.409. The standard InChI is InChI=1S/C12H25BO/c1-5-8-10-13(11-9-6-2)14-12(4)7-3/h7H,5-6,8-11H2,1-4H3/b12-7+. The fourth-order valence-electron chi connectivity index (χ4n) is 1.46. The lowest BCUT2D eigenvalue weighted by Crippen LogP contribution is -2.16. The molecule has 0 aromatic carbocycles. The third-order valence-electron chi connectivity index (χ3n) is 2.52. The van der Waals surface area contributed by atoms with Crippen molar-refractivity contribution in [2.75, 3.05) is 0 Å². The van der Waals surface area contributed by atoms with Crippen molar-refractivity contribution in [1.29, 1.82) is 0 Å². The topological polar surface area (TPSA) is 9.23 Å². The zero-order valence-electron chi connectivity index (χ0n) is 10.3. The Bertz CT molecular complexity index is 146. The van der Waals surface area contributed by atoms with Crippen LogP contribution in [0.15, 0.2) is 11.8 Å². The van der Waals surface area contributed by atoms with Gasteiger partial charge in [0.05, 0.1) is 5.76 Å². The fourth-order valence-corrected chi connectivity index (χ4v) is 1.46. The average molecular weight is 196 g/mol. The molecule has 0 fully saturated rings. The lowest BCUT2D eigenvalue weighted by atomic mass is 9.59. The van der Waals surface area contributed by atoms with E-state index in [0.29, 0.717) is 6.92 Å². The number of unbranched alkanes of at least 4 members (excludes halogenated alkanes) is 2. The first-order valence-electron chi connectivity index (χ1n) is 6.04. The summed E-state index contributed by atoms with van der Waals surface area (Å²) in [5.74, 6) is 1.07. The van der Waals surface area contributed by atoms with Crippen LogP contribution in [-0.4, -0.2) is 6.92 Å². The smallest absolute Gasteiger partial charge is 0.357 e. The highest BCUT2D eigenvalue weighted by Gasteiger charge is 2.15. The summed E-state index contributed by atoms with van der Waals surface area (Å²) < 4.78 is 5.86. The molecular formula is C12H25BO. The molecule has 0 saturated carbocycles. The zero-order valence-corrected chi connectivity index (χ0v) is 10.3. The monoisotopic (exact) mass is 196 g/mol. The summed E-state index contributed by atoms with van der Waals surface area (Å²) in [6.45, 7) is 9.00. The average Bonchev–Trinajstić information content (AvgIpc) is 2.21. The van der Waals surface area contributed by atoms with Crippen LogP contribution in [0.3, 0.4) is 0 Å². The summed E-state index contributed by atoms with van der Waals surface area (Å²) in [5.41, 5.74) is 0. The Morgan fingerprint density at radius 1 is 1.14 bits per heavy atom. The van der Waals surface area contributed by atoms with Crippen LogP contribution in [-0.2, 0) is 4.65 Å². The molecule has 2 heteroatoms. The molecule has 0 radical (unpaired) electrons. The van der Waals surface area contributed by atoms with E-state index in [9.17, 15) is 0 Å². The highest BCUT2D eigenvalue weighted by molar-refractivity contribution is 6.52. The van der Waals surface area contributed by atoms with E-state index in [1.807, 2.05) is 19.9 Å². The lowest BCUT2D eigenvalue weighted by molar-refractivity contribution is 0.426. The molecule has 0 aliphatic rings. The second kappa shape index (κ2) is 9.17. The van der Waals surface area contributed by atoms with Crippen LogP contribution >= 0.6 is 0 Å². The van der Waals surface area contributed by atoms with Crippen LogP contribution in [0.1, 0.15) is 53.4 Å². The number of rotatable bonds is 8. The molecule has 0 unspecified atom stereocenters. The molecule has 0 aliphatic carbocycles. The second-order valence-corrected chi connectivity index (χ2v) is 3.92. The molecule has 0 atom stereocenters. The molecule has 1 nitrogen and oxygen atoms in total. The molecule has 14 heavy (non-hydrogen) atoms. The highest BCUT2D eigenvalue weighted by atomic mass is 16.4. The van der Waals surface area contributed by atoms with Gasteiger partial charge in [0.15, 0.2) is 0 Å². The van der Waals surface area contributed by atoms with Crippen molar-refractivity contribution in [1.82, 2.24) is 0 Å². The molecule has 0 aliphatic heterocycles. The van der Waals surface area contributed by atoms with Crippen LogP contribution in [0.5, 0.6) is 0 Å². The molecule has 0 rings (SSSR count). The molecule has 0 bridgehead atoms. The van der Waals surface area contributed by atoms with E-state index in [2.05, 4.69) is 13.8 Å². The van der Waals surface area contributed by atoms with E-state index >= 15 is 0 Å². The van der Waals surface area contributed by atoms with Gasteiger partial charge in [0, 0.05) is 0 Å². The summed E-state index contributed by atoms with van der Waals surface area (Å²) >= 11 is 0. The van der Waals surface area contributed by atoms with Crippen molar-refractivity contribution in [2.24, 2.45) is 0 Å². The number of allylic oxidation sites excluding steroid dienone is 2. The lowest BCUT2D eigenvalue weighted by Gasteiger charge is -2.15. The maximum atomic E-state index is 5.86. The molecule has 82 valence electrons. The normalized spacial score (nSPS) is 11.6. The van der Waals surface area contributed by atoms with Crippen LogP contribution in [0.25, 0.3) is 0 Å². The Kier molecular flexibility index (Phi) is 8.91. The van der Waals surface area contributed by atoms with Gasteiger partial charge in [-0.2, -0.15) is 0 Å². The minimum Gasteiger partial charge on any atom is -0.564 e. The molecule has 0 saturated heterocycles. The Hall–Kier alpha value is -0.395. The van der Waals surface area contributed by atoms with Crippen LogP contribution in [0.4, 0.5) is 0 Å². The Balaban J connectivity index is 3.83. The summed E-state index contributed by atoms with van der Waals surface area (Å²) in [6.07, 6.45) is 9.56. The van der Waals surface area contributed by atoms with Crippen molar-refractivity contribution in [3.05, 3.63) is 11.8 Å². The van der Waals surface area contributed by atoms with E-state index in [-0.39, 0.29) is 0 Å². The van der Waals surface area contributed by atoms with E-state index in [1.165, 1.54) is 38.3 Å². The number of hydrogen-bond donors (Lipinski definition) is 0. The van der Waals surface area contributed by atoms with Gasteiger partial charge in [-0.25, -0.2) is 0 Å². The van der Waals surface area contributed by atoms with E-state index in [4.69, 9.17) is 4.65 Å². The van der Waals surface area contributed by atoms with E-state index in [1.54, 1.807) is 0 Å². The van der Waals surface area contributed by atoms with Crippen molar-refractivity contribution in [3.63, 3.8) is 0 Å². The first kappa shape index (κ1) is 13.6. The van der Waals surface area contributed by atoms with Crippen LogP contribution in [0, 0.1) is 0 Å². The number of hydrogen-bond acceptors (Lipinski definition) is 1. The molecule has 0 amide bonds. The first-order chi connectivity index (χ1) is 6.74.